The van der Waals surface area contributed by atoms with Crippen molar-refractivity contribution in [1.82, 2.24) is 25.6 Å². The highest BCUT2D eigenvalue weighted by molar-refractivity contribution is 7.92. The highest BCUT2D eigenvalue weighted by atomic mass is 32.2. The number of anilines is 1. The van der Waals surface area contributed by atoms with Crippen LogP contribution in [-0.4, -0.2) is 48.7 Å². The molecule has 30 heavy (non-hydrogen) atoms. The summed E-state index contributed by atoms with van der Waals surface area (Å²) in [6.07, 6.45) is 0.942. The summed E-state index contributed by atoms with van der Waals surface area (Å²) in [5, 5.41) is 15.6. The van der Waals surface area contributed by atoms with Crippen LogP contribution in [0.15, 0.2) is 53.4 Å². The van der Waals surface area contributed by atoms with Gasteiger partial charge in [0.2, 0.25) is 0 Å². The number of benzene rings is 2. The van der Waals surface area contributed by atoms with Gasteiger partial charge in [0.1, 0.15) is 0 Å². The number of para-hydroxylation sites is 1. The number of fused-ring (bicyclic) bond motifs is 1. The normalized spacial score (nSPS) is 18.7. The number of hydrogen-bond acceptors (Lipinski definition) is 6. The number of rotatable bonds is 5. The smallest absolute Gasteiger partial charge is 0.179 e. The molecule has 1 saturated heterocycles. The topological polar surface area (TPSA) is 114 Å². The lowest BCUT2D eigenvalue weighted by atomic mass is 10.1. The first-order chi connectivity index (χ1) is 14.5. The highest BCUT2D eigenvalue weighted by Gasteiger charge is 2.29. The second kappa shape index (κ2) is 7.24. The van der Waals surface area contributed by atoms with E-state index in [4.69, 9.17) is 4.78 Å². The maximum atomic E-state index is 12.8. The van der Waals surface area contributed by atoms with Gasteiger partial charge in [-0.25, -0.2) is 8.99 Å². The van der Waals surface area contributed by atoms with Gasteiger partial charge in [-0.2, -0.15) is 5.21 Å². The first-order valence-corrected chi connectivity index (χ1v) is 11.7. The molecule has 8 nitrogen and oxygen atoms in total. The van der Waals surface area contributed by atoms with E-state index in [1.807, 2.05) is 36.4 Å². The second-order valence-electron chi connectivity index (χ2n) is 7.61. The molecule has 0 aliphatic carbocycles. The molecule has 3 heterocycles. The summed E-state index contributed by atoms with van der Waals surface area (Å²) in [6, 6.07) is 16.0. The summed E-state index contributed by atoms with van der Waals surface area (Å²) >= 11 is 0. The van der Waals surface area contributed by atoms with Gasteiger partial charge >= 0.3 is 0 Å². The fourth-order valence-electron chi connectivity index (χ4n) is 4.13. The van der Waals surface area contributed by atoms with Crippen molar-refractivity contribution < 1.29 is 4.21 Å². The van der Waals surface area contributed by atoms with Crippen LogP contribution in [0.4, 0.5) is 5.69 Å². The average molecular weight is 422 g/mol. The van der Waals surface area contributed by atoms with E-state index in [1.54, 1.807) is 6.92 Å². The maximum Gasteiger partial charge on any atom is 0.179 e. The zero-order chi connectivity index (χ0) is 20.7. The van der Waals surface area contributed by atoms with Crippen LogP contribution in [0.2, 0.25) is 0 Å². The minimum absolute atomic E-state index is 0.218. The van der Waals surface area contributed by atoms with Crippen LogP contribution < -0.4 is 4.90 Å². The van der Waals surface area contributed by atoms with Gasteiger partial charge in [-0.05, 0) is 36.8 Å². The van der Waals surface area contributed by atoms with Crippen LogP contribution in [-0.2, 0) is 9.73 Å². The zero-order valence-corrected chi connectivity index (χ0v) is 17.4. The van der Waals surface area contributed by atoms with Crippen molar-refractivity contribution in [1.29, 1.82) is 4.78 Å². The Morgan fingerprint density at radius 2 is 2.10 bits per heavy atom. The van der Waals surface area contributed by atoms with Crippen molar-refractivity contribution in [3.8, 4) is 11.3 Å². The zero-order valence-electron chi connectivity index (χ0n) is 16.6. The quantitative estimate of drug-likeness (QED) is 0.454. The molecular formula is C21H23N7OS. The standard InChI is InChI=1S/C21H23N7OS/c1-2-30(22,29)16-7-8-20(28-10-9-15(13-28)21-24-26-27-25-21)17(12-16)19-11-14-5-3-4-6-18(14)23-19/h3-8,11-12,15,22-23H,2,9-10,13H2,1H3,(H,24,25,26,27). The van der Waals surface area contributed by atoms with Gasteiger partial charge in [0, 0.05) is 57.5 Å². The van der Waals surface area contributed by atoms with Gasteiger partial charge in [-0.1, -0.05) is 30.3 Å². The molecule has 1 aliphatic rings. The summed E-state index contributed by atoms with van der Waals surface area (Å²) in [5.41, 5.74) is 4.04. The number of aromatic amines is 2. The Balaban J connectivity index is 1.60. The van der Waals surface area contributed by atoms with Crippen molar-refractivity contribution in [2.24, 2.45) is 0 Å². The van der Waals surface area contributed by atoms with Crippen LogP contribution in [0.1, 0.15) is 25.1 Å². The summed E-state index contributed by atoms with van der Waals surface area (Å²) in [7, 11) is -2.81. The Morgan fingerprint density at radius 1 is 1.23 bits per heavy atom. The number of aromatic nitrogens is 5. The summed E-state index contributed by atoms with van der Waals surface area (Å²) in [6.45, 7) is 3.45. The Hall–Kier alpha value is -3.20. The van der Waals surface area contributed by atoms with Gasteiger partial charge in [0.15, 0.2) is 5.82 Å². The largest absolute Gasteiger partial charge is 0.370 e. The molecule has 2 aromatic carbocycles. The lowest BCUT2D eigenvalue weighted by Crippen LogP contribution is -2.20. The van der Waals surface area contributed by atoms with E-state index in [-0.39, 0.29) is 5.92 Å². The summed E-state index contributed by atoms with van der Waals surface area (Å²) in [4.78, 5) is 6.37. The number of H-pyrrole nitrogens is 2. The molecule has 0 radical (unpaired) electrons. The Bertz CT molecular complexity index is 1260. The Kier molecular flexibility index (Phi) is 4.54. The minimum Gasteiger partial charge on any atom is -0.370 e. The first-order valence-electron chi connectivity index (χ1n) is 10.0. The van der Waals surface area contributed by atoms with Crippen LogP contribution >= 0.6 is 0 Å². The van der Waals surface area contributed by atoms with Crippen LogP contribution in [0.25, 0.3) is 22.2 Å². The monoisotopic (exact) mass is 421 g/mol. The van der Waals surface area contributed by atoms with Crippen molar-refractivity contribution in [3.63, 3.8) is 0 Å². The lowest BCUT2D eigenvalue weighted by Gasteiger charge is -2.22. The molecule has 4 aromatic rings. The maximum absolute atomic E-state index is 12.8. The Morgan fingerprint density at radius 3 is 2.87 bits per heavy atom. The third kappa shape index (κ3) is 3.24. The molecule has 154 valence electrons. The molecule has 3 N–H and O–H groups in total. The first kappa shape index (κ1) is 18.8. The SMILES string of the molecule is CCS(=N)(=O)c1ccc(N2CCC(c3nn[nH]n3)C2)c(-c2cc3ccccc3[nH]2)c1. The molecule has 2 aromatic heterocycles. The predicted molar refractivity (Wildman–Crippen MR) is 117 cm³/mol. The minimum atomic E-state index is -2.81. The predicted octanol–water partition coefficient (Wildman–Crippen LogP) is 3.77. The molecule has 2 unspecified atom stereocenters. The van der Waals surface area contributed by atoms with E-state index in [9.17, 15) is 4.21 Å². The van der Waals surface area contributed by atoms with Crippen molar-refractivity contribution in [2.45, 2.75) is 24.2 Å². The molecule has 1 aliphatic heterocycles. The van der Waals surface area contributed by atoms with E-state index in [0.717, 1.165) is 53.2 Å². The van der Waals surface area contributed by atoms with Crippen LogP contribution in [0, 0.1) is 4.78 Å². The second-order valence-corrected chi connectivity index (χ2v) is 10.0. The number of tetrazole rings is 1. The highest BCUT2D eigenvalue weighted by Crippen LogP contribution is 2.38. The molecule has 1 fully saturated rings. The van der Waals surface area contributed by atoms with Crippen LogP contribution in [0.3, 0.4) is 0 Å². The van der Waals surface area contributed by atoms with Gasteiger partial charge in [0.25, 0.3) is 0 Å². The van der Waals surface area contributed by atoms with E-state index < -0.39 is 9.73 Å². The summed E-state index contributed by atoms with van der Waals surface area (Å²) in [5.74, 6) is 1.25. The third-order valence-corrected chi connectivity index (χ3v) is 7.66. The third-order valence-electron chi connectivity index (χ3n) is 5.83. The fourth-order valence-corrected chi connectivity index (χ4v) is 5.06. The van der Waals surface area contributed by atoms with Crippen molar-refractivity contribution in [3.05, 3.63) is 54.4 Å². The van der Waals surface area contributed by atoms with Gasteiger partial charge in [-0.15, -0.1) is 10.2 Å². The van der Waals surface area contributed by atoms with E-state index in [2.05, 4.69) is 42.6 Å². The molecule has 0 bridgehead atoms. The molecule has 0 amide bonds. The summed E-state index contributed by atoms with van der Waals surface area (Å²) < 4.78 is 21.0. The van der Waals surface area contributed by atoms with E-state index in [0.29, 0.717) is 10.6 Å². The number of hydrogen-bond donors (Lipinski definition) is 3. The fraction of sp³-hybridized carbons (Fsp3) is 0.286. The van der Waals surface area contributed by atoms with Gasteiger partial charge in [0.05, 0.1) is 9.73 Å². The van der Waals surface area contributed by atoms with E-state index in [1.165, 1.54) is 0 Å². The molecule has 5 rings (SSSR count). The molecule has 9 heteroatoms. The van der Waals surface area contributed by atoms with Gasteiger partial charge < -0.3 is 9.88 Å². The Labute approximate surface area is 174 Å². The molecular weight excluding hydrogens is 398 g/mol. The number of nitrogens with zero attached hydrogens (tertiary/aromatic N) is 4. The molecule has 0 spiro atoms. The van der Waals surface area contributed by atoms with Crippen LogP contribution in [0.5, 0.6) is 0 Å². The van der Waals surface area contributed by atoms with Crippen molar-refractivity contribution >= 4 is 26.3 Å². The number of nitrogens with one attached hydrogen (secondary N) is 3. The molecule has 0 saturated carbocycles. The lowest BCUT2D eigenvalue weighted by molar-refractivity contribution is 0.675. The van der Waals surface area contributed by atoms with E-state index >= 15 is 0 Å². The molecule has 2 atom stereocenters. The average Bonchev–Trinajstić information content (AvgIpc) is 3.53. The van der Waals surface area contributed by atoms with Crippen molar-refractivity contribution in [2.75, 3.05) is 23.7 Å². The van der Waals surface area contributed by atoms with Gasteiger partial charge in [-0.3, -0.25) is 0 Å².